The molecule has 0 heterocycles. The maximum Gasteiger partial charge on any atom is 0.412 e. The van der Waals surface area contributed by atoms with E-state index in [9.17, 15) is 14.7 Å². The van der Waals surface area contributed by atoms with Gasteiger partial charge >= 0.3 is 6.09 Å². The van der Waals surface area contributed by atoms with Crippen LogP contribution in [-0.4, -0.2) is 22.3 Å². The molecule has 0 radical (unpaired) electrons. The smallest absolute Gasteiger partial charge is 0.412 e. The first-order valence-electron chi connectivity index (χ1n) is 9.75. The van der Waals surface area contributed by atoms with Crippen molar-refractivity contribution >= 4 is 33.6 Å². The van der Waals surface area contributed by atoms with E-state index in [1.165, 1.54) is 17.6 Å². The van der Waals surface area contributed by atoms with Crippen LogP contribution < -0.4 is 10.8 Å². The van der Waals surface area contributed by atoms with E-state index in [0.29, 0.717) is 24.1 Å². The number of anilines is 1. The van der Waals surface area contributed by atoms with Gasteiger partial charge in [-0.25, -0.2) is 10.3 Å². The molecule has 8 heteroatoms. The van der Waals surface area contributed by atoms with E-state index < -0.39 is 23.5 Å². The van der Waals surface area contributed by atoms with Crippen LogP contribution in [0.5, 0.6) is 5.75 Å². The molecule has 0 aromatic heterocycles. The molecule has 4 N–H and O–H groups in total. The predicted octanol–water partition coefficient (Wildman–Crippen LogP) is 5.62. The van der Waals surface area contributed by atoms with Gasteiger partial charge in [0.15, 0.2) is 0 Å². The summed E-state index contributed by atoms with van der Waals surface area (Å²) < 4.78 is 6.54. The Bertz CT molecular complexity index is 941. The number of hydrogen-bond donors (Lipinski definition) is 4. The predicted molar refractivity (Wildman–Crippen MR) is 122 cm³/mol. The summed E-state index contributed by atoms with van der Waals surface area (Å²) in [7, 11) is 0. The Hall–Kier alpha value is -2.84. The summed E-state index contributed by atoms with van der Waals surface area (Å²) in [4.78, 5) is 23.8. The molecular weight excluding hydrogens is 464 g/mol. The van der Waals surface area contributed by atoms with Gasteiger partial charge in [-0.2, -0.15) is 0 Å². The zero-order valence-electron chi connectivity index (χ0n) is 17.7. The minimum absolute atomic E-state index is 0.0135. The number of amides is 2. The number of allylic oxidation sites excluding steroid dienone is 1. The molecule has 2 aromatic rings. The zero-order valence-corrected chi connectivity index (χ0v) is 19.3. The Balaban J connectivity index is 2.24. The number of halogens is 1. The van der Waals surface area contributed by atoms with Gasteiger partial charge < -0.3 is 9.84 Å². The van der Waals surface area contributed by atoms with E-state index in [2.05, 4.69) is 21.2 Å². The Morgan fingerprint density at radius 1 is 1.19 bits per heavy atom. The van der Waals surface area contributed by atoms with Crippen LogP contribution in [0.15, 0.2) is 59.1 Å². The molecule has 1 atom stereocenters. The number of phenols is 1. The lowest BCUT2D eigenvalue weighted by Gasteiger charge is -2.34. The maximum atomic E-state index is 12.7. The highest BCUT2D eigenvalue weighted by molar-refractivity contribution is 9.10. The fourth-order valence-corrected chi connectivity index (χ4v) is 3.46. The van der Waals surface area contributed by atoms with E-state index in [4.69, 9.17) is 9.94 Å². The number of carbonyl (C=O) groups excluding carboxylic acids is 2. The molecule has 2 aromatic carbocycles. The van der Waals surface area contributed by atoms with Crippen molar-refractivity contribution < 1.29 is 24.6 Å². The molecular formula is C23H27BrN2O5. The quantitative estimate of drug-likeness (QED) is 0.218. The van der Waals surface area contributed by atoms with Crippen LogP contribution >= 0.6 is 15.9 Å². The third kappa shape index (κ3) is 7.41. The minimum atomic E-state index is -0.768. The number of aryl methyl sites for hydroxylation is 1. The SMILES string of the molecule is Cc1ccc(NC(=O)O[C@H](c2cc(Br)ccc2O)C(C)(C)CC/C=C/C(=O)NO)cc1. The van der Waals surface area contributed by atoms with Gasteiger partial charge in [-0.3, -0.25) is 15.3 Å². The second kappa shape index (κ2) is 11.0. The molecule has 0 saturated carbocycles. The highest BCUT2D eigenvalue weighted by Gasteiger charge is 2.35. The number of phenolic OH excluding ortho intramolecular Hbond substituents is 1. The summed E-state index contributed by atoms with van der Waals surface area (Å²) in [6.07, 6.45) is 2.47. The molecule has 0 saturated heterocycles. The molecule has 0 aliphatic heterocycles. The average Bonchev–Trinajstić information content (AvgIpc) is 2.72. The molecule has 7 nitrogen and oxygen atoms in total. The molecule has 31 heavy (non-hydrogen) atoms. The Morgan fingerprint density at radius 3 is 2.52 bits per heavy atom. The summed E-state index contributed by atoms with van der Waals surface area (Å²) in [5.74, 6) is -0.604. The van der Waals surface area contributed by atoms with Crippen LogP contribution in [0.1, 0.15) is 43.9 Å². The monoisotopic (exact) mass is 490 g/mol. The second-order valence-corrected chi connectivity index (χ2v) is 8.80. The molecule has 0 fully saturated rings. The maximum absolute atomic E-state index is 12.7. The lowest BCUT2D eigenvalue weighted by molar-refractivity contribution is -0.124. The van der Waals surface area contributed by atoms with Crippen LogP contribution in [0, 0.1) is 12.3 Å². The molecule has 0 aliphatic carbocycles. The first kappa shape index (κ1) is 24.4. The summed E-state index contributed by atoms with van der Waals surface area (Å²) >= 11 is 3.40. The molecule has 2 amide bonds. The first-order chi connectivity index (χ1) is 14.6. The topological polar surface area (TPSA) is 108 Å². The van der Waals surface area contributed by atoms with Crippen molar-refractivity contribution in [3.8, 4) is 5.75 Å². The summed E-state index contributed by atoms with van der Waals surface area (Å²) in [5.41, 5.74) is 3.08. The van der Waals surface area contributed by atoms with E-state index in [-0.39, 0.29) is 5.75 Å². The van der Waals surface area contributed by atoms with Gasteiger partial charge in [0.05, 0.1) is 0 Å². The van der Waals surface area contributed by atoms with Crippen LogP contribution in [0.4, 0.5) is 10.5 Å². The van der Waals surface area contributed by atoms with E-state index in [0.717, 1.165) is 10.0 Å². The number of carbonyl (C=O) groups is 2. The van der Waals surface area contributed by atoms with Gasteiger partial charge in [-0.1, -0.05) is 53.5 Å². The fraction of sp³-hybridized carbons (Fsp3) is 0.304. The van der Waals surface area contributed by atoms with E-state index in [1.54, 1.807) is 30.3 Å². The van der Waals surface area contributed by atoms with Gasteiger partial charge in [-0.15, -0.1) is 0 Å². The fourth-order valence-electron chi connectivity index (χ4n) is 3.08. The number of ether oxygens (including phenoxy) is 1. The van der Waals surface area contributed by atoms with Crippen LogP contribution in [0.2, 0.25) is 0 Å². The van der Waals surface area contributed by atoms with Crippen LogP contribution in [0.25, 0.3) is 0 Å². The number of nitrogens with one attached hydrogen (secondary N) is 2. The highest BCUT2D eigenvalue weighted by Crippen LogP contribution is 2.44. The second-order valence-electron chi connectivity index (χ2n) is 7.89. The number of aromatic hydroxyl groups is 1. The number of benzene rings is 2. The number of hydroxylamine groups is 1. The third-order valence-corrected chi connectivity index (χ3v) is 5.33. The van der Waals surface area contributed by atoms with Crippen molar-refractivity contribution in [2.45, 2.75) is 39.7 Å². The van der Waals surface area contributed by atoms with Gasteiger partial charge in [0.2, 0.25) is 0 Å². The van der Waals surface area contributed by atoms with Crippen LogP contribution in [0.3, 0.4) is 0 Å². The van der Waals surface area contributed by atoms with Gasteiger partial charge in [0, 0.05) is 27.2 Å². The molecule has 0 bridgehead atoms. The average molecular weight is 491 g/mol. The summed E-state index contributed by atoms with van der Waals surface area (Å²) in [6.45, 7) is 5.78. The zero-order chi connectivity index (χ0) is 23.0. The Kier molecular flexibility index (Phi) is 8.65. The number of rotatable bonds is 8. The van der Waals surface area contributed by atoms with E-state index in [1.807, 2.05) is 32.9 Å². The minimum Gasteiger partial charge on any atom is -0.508 e. The molecule has 166 valence electrons. The molecule has 2 rings (SSSR count). The summed E-state index contributed by atoms with van der Waals surface area (Å²) in [6, 6.07) is 12.3. The van der Waals surface area contributed by atoms with Gasteiger partial charge in [0.1, 0.15) is 11.9 Å². The molecule has 0 aliphatic rings. The Labute approximate surface area is 190 Å². The van der Waals surface area contributed by atoms with Crippen molar-refractivity contribution in [1.29, 1.82) is 0 Å². The standard InChI is InChI=1S/C23H27BrN2O5/c1-15-7-10-17(11-8-15)25-22(29)31-21(18-14-16(24)9-12-19(18)27)23(2,3)13-5-4-6-20(28)26-30/h4,6-12,14,21,27,30H,5,13H2,1-3H3,(H,25,29)(H,26,28)/b6-4+/t21-/m1/s1. The number of hydrogen-bond acceptors (Lipinski definition) is 5. The molecule has 0 unspecified atom stereocenters. The first-order valence-corrected chi connectivity index (χ1v) is 10.5. The van der Waals surface area contributed by atoms with Gasteiger partial charge in [-0.05, 0) is 50.1 Å². The molecule has 0 spiro atoms. The highest BCUT2D eigenvalue weighted by atomic mass is 79.9. The van der Waals surface area contributed by atoms with Crippen molar-refractivity contribution in [2.24, 2.45) is 5.41 Å². The van der Waals surface area contributed by atoms with Crippen molar-refractivity contribution in [1.82, 2.24) is 5.48 Å². The van der Waals surface area contributed by atoms with Gasteiger partial charge in [0.25, 0.3) is 5.91 Å². The lowest BCUT2D eigenvalue weighted by Crippen LogP contribution is -2.29. The van der Waals surface area contributed by atoms with Crippen molar-refractivity contribution in [3.63, 3.8) is 0 Å². The van der Waals surface area contributed by atoms with Crippen LogP contribution in [-0.2, 0) is 9.53 Å². The normalized spacial score (nSPS) is 12.4. The Morgan fingerprint density at radius 2 is 1.87 bits per heavy atom. The van der Waals surface area contributed by atoms with Crippen molar-refractivity contribution in [2.75, 3.05) is 5.32 Å². The third-order valence-electron chi connectivity index (χ3n) is 4.84. The lowest BCUT2D eigenvalue weighted by atomic mass is 9.78. The van der Waals surface area contributed by atoms with E-state index >= 15 is 0 Å². The van der Waals surface area contributed by atoms with Crippen molar-refractivity contribution in [3.05, 3.63) is 70.2 Å². The largest absolute Gasteiger partial charge is 0.508 e. The summed E-state index contributed by atoms with van der Waals surface area (Å²) in [5, 5.41) is 21.7.